The van der Waals surface area contributed by atoms with Crippen LogP contribution in [0.3, 0.4) is 0 Å². The van der Waals surface area contributed by atoms with Crippen LogP contribution in [0.5, 0.6) is 0 Å². The third kappa shape index (κ3) is 7.99. The molecular formula is C19H38IN3O2. The third-order valence-corrected chi connectivity index (χ3v) is 5.27. The second-order valence-electron chi connectivity index (χ2n) is 7.60. The second-order valence-corrected chi connectivity index (χ2v) is 7.60. The predicted molar refractivity (Wildman–Crippen MR) is 115 cm³/mol. The van der Waals surface area contributed by atoms with Crippen molar-refractivity contribution in [1.82, 2.24) is 10.2 Å². The van der Waals surface area contributed by atoms with Gasteiger partial charge in [0.1, 0.15) is 0 Å². The molecule has 6 heteroatoms. The van der Waals surface area contributed by atoms with E-state index >= 15 is 0 Å². The first-order chi connectivity index (χ1) is 11.7. The molecule has 0 spiro atoms. The number of hydrogen-bond donors (Lipinski definition) is 1. The van der Waals surface area contributed by atoms with E-state index < -0.39 is 0 Å². The quantitative estimate of drug-likeness (QED) is 0.269. The van der Waals surface area contributed by atoms with Gasteiger partial charge in [-0.1, -0.05) is 20.3 Å². The van der Waals surface area contributed by atoms with E-state index in [1.165, 1.54) is 25.7 Å². The van der Waals surface area contributed by atoms with Gasteiger partial charge in [0, 0.05) is 46.5 Å². The Morgan fingerprint density at radius 3 is 2.80 bits per heavy atom. The average molecular weight is 467 g/mol. The fourth-order valence-corrected chi connectivity index (χ4v) is 4.00. The molecule has 2 heterocycles. The highest BCUT2D eigenvalue weighted by Gasteiger charge is 2.31. The lowest BCUT2D eigenvalue weighted by atomic mass is 9.78. The van der Waals surface area contributed by atoms with Crippen molar-refractivity contribution in [3.8, 4) is 0 Å². The summed E-state index contributed by atoms with van der Waals surface area (Å²) < 4.78 is 11.3. The first-order valence-corrected chi connectivity index (χ1v) is 9.82. The number of guanidine groups is 1. The van der Waals surface area contributed by atoms with Crippen LogP contribution in [0.4, 0.5) is 0 Å². The van der Waals surface area contributed by atoms with Gasteiger partial charge in [0.25, 0.3) is 0 Å². The van der Waals surface area contributed by atoms with Crippen LogP contribution in [-0.2, 0) is 9.47 Å². The van der Waals surface area contributed by atoms with E-state index in [9.17, 15) is 0 Å². The van der Waals surface area contributed by atoms with E-state index in [0.717, 1.165) is 64.7 Å². The Kier molecular flexibility index (Phi) is 11.3. The molecule has 0 aliphatic carbocycles. The zero-order valence-electron chi connectivity index (χ0n) is 16.4. The van der Waals surface area contributed by atoms with E-state index in [4.69, 9.17) is 9.47 Å². The Bertz CT molecular complexity index is 385. The number of aliphatic imine (C=N–C) groups is 1. The van der Waals surface area contributed by atoms with Crippen molar-refractivity contribution in [1.29, 1.82) is 0 Å². The molecule has 25 heavy (non-hydrogen) atoms. The summed E-state index contributed by atoms with van der Waals surface area (Å²) >= 11 is 0. The minimum absolute atomic E-state index is 0. The Morgan fingerprint density at radius 1 is 1.36 bits per heavy atom. The molecule has 0 radical (unpaired) electrons. The molecule has 2 aliphatic rings. The molecule has 0 saturated carbocycles. The van der Waals surface area contributed by atoms with Gasteiger partial charge >= 0.3 is 0 Å². The standard InChI is InChI=1S/C19H37N3O2.HI/c1-4-9-19(2)10-5-12-22(16-19)18(20-3)21-11-6-13-24-17-7-14-23-15-8-17;/h17H,4-16H2,1-3H3,(H,20,21);1H. The van der Waals surface area contributed by atoms with E-state index in [1.54, 1.807) is 0 Å². The lowest BCUT2D eigenvalue weighted by Crippen LogP contribution is -2.50. The normalized spacial score (nSPS) is 25.6. The summed E-state index contributed by atoms with van der Waals surface area (Å²) in [6.07, 6.45) is 8.68. The van der Waals surface area contributed by atoms with Crippen LogP contribution in [-0.4, -0.2) is 63.5 Å². The molecule has 2 aliphatic heterocycles. The van der Waals surface area contributed by atoms with Crippen molar-refractivity contribution < 1.29 is 9.47 Å². The van der Waals surface area contributed by atoms with Crippen LogP contribution in [0.2, 0.25) is 0 Å². The average Bonchev–Trinajstić information content (AvgIpc) is 2.59. The number of piperidine rings is 1. The number of ether oxygens (including phenoxy) is 2. The van der Waals surface area contributed by atoms with Crippen molar-refractivity contribution in [3.63, 3.8) is 0 Å². The molecule has 1 atom stereocenters. The lowest BCUT2D eigenvalue weighted by molar-refractivity contribution is -0.0320. The number of rotatable bonds is 7. The summed E-state index contributed by atoms with van der Waals surface area (Å²) in [6.45, 7) is 10.4. The zero-order chi connectivity index (χ0) is 17.3. The first-order valence-electron chi connectivity index (χ1n) is 9.82. The van der Waals surface area contributed by atoms with Crippen molar-refractivity contribution in [2.24, 2.45) is 10.4 Å². The topological polar surface area (TPSA) is 46.1 Å². The molecule has 0 aromatic carbocycles. The first kappa shape index (κ1) is 23.0. The van der Waals surface area contributed by atoms with Crippen molar-refractivity contribution in [3.05, 3.63) is 0 Å². The van der Waals surface area contributed by atoms with Crippen molar-refractivity contribution in [2.45, 2.75) is 64.9 Å². The molecule has 5 nitrogen and oxygen atoms in total. The van der Waals surface area contributed by atoms with Gasteiger partial charge in [-0.15, -0.1) is 24.0 Å². The third-order valence-electron chi connectivity index (χ3n) is 5.27. The van der Waals surface area contributed by atoms with Gasteiger partial charge < -0.3 is 19.7 Å². The fraction of sp³-hybridized carbons (Fsp3) is 0.947. The number of nitrogens with zero attached hydrogens (tertiary/aromatic N) is 2. The smallest absolute Gasteiger partial charge is 0.193 e. The number of hydrogen-bond acceptors (Lipinski definition) is 3. The summed E-state index contributed by atoms with van der Waals surface area (Å²) in [5.74, 6) is 1.06. The highest BCUT2D eigenvalue weighted by Crippen LogP contribution is 2.33. The second kappa shape index (κ2) is 12.3. The Morgan fingerprint density at radius 2 is 2.12 bits per heavy atom. The van der Waals surface area contributed by atoms with Crippen molar-refractivity contribution in [2.75, 3.05) is 46.5 Å². The van der Waals surface area contributed by atoms with Crippen LogP contribution < -0.4 is 5.32 Å². The predicted octanol–water partition coefficient (Wildman–Crippen LogP) is 3.67. The summed E-state index contributed by atoms with van der Waals surface area (Å²) in [7, 11) is 1.90. The van der Waals surface area contributed by atoms with Gasteiger partial charge in [-0.3, -0.25) is 4.99 Å². The Labute approximate surface area is 171 Å². The van der Waals surface area contributed by atoms with Crippen LogP contribution in [0.25, 0.3) is 0 Å². The molecule has 2 saturated heterocycles. The fourth-order valence-electron chi connectivity index (χ4n) is 4.00. The lowest BCUT2D eigenvalue weighted by Gasteiger charge is -2.42. The van der Waals surface area contributed by atoms with E-state index in [0.29, 0.717) is 11.5 Å². The number of nitrogens with one attached hydrogen (secondary N) is 1. The van der Waals surface area contributed by atoms with Crippen LogP contribution in [0.1, 0.15) is 58.8 Å². The summed E-state index contributed by atoms with van der Waals surface area (Å²) in [5, 5.41) is 3.53. The number of halogens is 1. The van der Waals surface area contributed by atoms with Crippen LogP contribution in [0.15, 0.2) is 4.99 Å². The van der Waals surface area contributed by atoms with Gasteiger partial charge in [-0.05, 0) is 43.9 Å². The molecule has 148 valence electrons. The molecule has 0 amide bonds. The van der Waals surface area contributed by atoms with Gasteiger partial charge in [0.15, 0.2) is 5.96 Å². The maximum Gasteiger partial charge on any atom is 0.193 e. The molecule has 2 rings (SSSR count). The van der Waals surface area contributed by atoms with Gasteiger partial charge in [-0.2, -0.15) is 0 Å². The molecule has 0 aromatic rings. The maximum absolute atomic E-state index is 5.94. The van der Waals surface area contributed by atoms with Gasteiger partial charge in [0.2, 0.25) is 0 Å². The highest BCUT2D eigenvalue weighted by molar-refractivity contribution is 14.0. The molecule has 1 unspecified atom stereocenters. The monoisotopic (exact) mass is 467 g/mol. The van der Waals surface area contributed by atoms with Crippen LogP contribution in [0, 0.1) is 5.41 Å². The minimum atomic E-state index is 0. The summed E-state index contributed by atoms with van der Waals surface area (Å²) in [6, 6.07) is 0. The van der Waals surface area contributed by atoms with E-state index in [2.05, 4.69) is 29.1 Å². The van der Waals surface area contributed by atoms with E-state index in [-0.39, 0.29) is 24.0 Å². The molecule has 0 bridgehead atoms. The largest absolute Gasteiger partial charge is 0.381 e. The summed E-state index contributed by atoms with van der Waals surface area (Å²) in [4.78, 5) is 6.94. The number of likely N-dealkylation sites (tertiary alicyclic amines) is 1. The van der Waals surface area contributed by atoms with E-state index in [1.807, 2.05) is 7.05 Å². The summed E-state index contributed by atoms with van der Waals surface area (Å²) in [5.41, 5.74) is 0.441. The molecular weight excluding hydrogens is 429 g/mol. The minimum Gasteiger partial charge on any atom is -0.381 e. The Hall–Kier alpha value is -0.0800. The Balaban J connectivity index is 0.00000312. The molecule has 1 N–H and O–H groups in total. The molecule has 2 fully saturated rings. The maximum atomic E-state index is 5.94. The molecule has 0 aromatic heterocycles. The highest BCUT2D eigenvalue weighted by atomic mass is 127. The van der Waals surface area contributed by atoms with Crippen molar-refractivity contribution >= 4 is 29.9 Å². The van der Waals surface area contributed by atoms with Crippen LogP contribution >= 0.6 is 24.0 Å². The zero-order valence-corrected chi connectivity index (χ0v) is 18.7. The van der Waals surface area contributed by atoms with Gasteiger partial charge in [0.05, 0.1) is 6.10 Å². The van der Waals surface area contributed by atoms with Gasteiger partial charge in [-0.25, -0.2) is 0 Å². The SMILES string of the molecule is CCCC1(C)CCCN(C(=NC)NCCCOC2CCOCC2)C1.I.